The molecule has 6 amide bonds. The van der Waals surface area contributed by atoms with E-state index in [1.54, 1.807) is 0 Å². The molecular weight excluding hydrogens is 629 g/mol. The number of nitrogens with zero attached hydrogens (tertiary/aromatic N) is 1. The molecule has 242 valence electrons. The fourth-order valence-corrected chi connectivity index (χ4v) is 7.35. The first-order valence-corrected chi connectivity index (χ1v) is 17.2. The molecule has 44 heavy (non-hydrogen) atoms. The number of rotatable bonds is 19. The zero-order valence-corrected chi connectivity index (χ0v) is 28.6. The van der Waals surface area contributed by atoms with Crippen molar-refractivity contribution in [3.05, 3.63) is 0 Å². The molecule has 0 aromatic rings. The van der Waals surface area contributed by atoms with Crippen LogP contribution in [0, 0.1) is 0 Å². The van der Waals surface area contributed by atoms with E-state index in [0.717, 1.165) is 37.9 Å². The molecule has 3 heterocycles. The number of unbranched alkanes of at least 4 members (excludes halogenated alkanes) is 5. The van der Waals surface area contributed by atoms with Crippen LogP contribution < -0.4 is 50.8 Å². The largest absolute Gasteiger partial charge is 1.00 e. The van der Waals surface area contributed by atoms with Crippen molar-refractivity contribution in [2.75, 3.05) is 18.8 Å². The Bertz CT molecular complexity index is 1160. The number of nitrogens with one attached hydrogen (secondary N) is 4. The summed E-state index contributed by atoms with van der Waals surface area (Å²) in [5.41, 5.74) is 0. The average molecular weight is 670 g/mol. The van der Waals surface area contributed by atoms with E-state index < -0.39 is 39.6 Å². The standard InChI is InChI=1S/C26H41N5O10S2.Na/c32-20(27-14-8-2-4-12-23(35)41-31-22(34)15-19(25(31)36)43(38,39)40)10-3-1-7-13-28-21(33)11-6-5-9-18-24-17(16-42-18)29-26(37)30-24;/h17-19,24H,1-16H2,(H,27,32)(H,28,33)(H2,29,30,37)(H,38,39,40);/q;+1/p-1/t17-,18?,19?,24-;/m0./s1. The van der Waals surface area contributed by atoms with E-state index in [1.165, 1.54) is 0 Å². The monoisotopic (exact) mass is 669 g/mol. The van der Waals surface area contributed by atoms with Crippen molar-refractivity contribution in [2.45, 2.75) is 106 Å². The van der Waals surface area contributed by atoms with E-state index in [9.17, 15) is 41.7 Å². The average Bonchev–Trinajstić information content (AvgIpc) is 3.58. The molecule has 0 bridgehead atoms. The van der Waals surface area contributed by atoms with Gasteiger partial charge in [0.1, 0.15) is 15.4 Å². The van der Waals surface area contributed by atoms with Gasteiger partial charge in [-0.15, -0.1) is 5.06 Å². The van der Waals surface area contributed by atoms with Crippen molar-refractivity contribution in [2.24, 2.45) is 0 Å². The molecule has 0 spiro atoms. The normalized spacial score (nSPS) is 22.6. The summed E-state index contributed by atoms with van der Waals surface area (Å²) >= 11 is 1.87. The third-order valence-corrected chi connectivity index (χ3v) is 10.0. The number of fused-ring (bicyclic) bond motifs is 1. The van der Waals surface area contributed by atoms with Crippen LogP contribution >= 0.6 is 11.8 Å². The van der Waals surface area contributed by atoms with E-state index >= 15 is 0 Å². The molecule has 0 aromatic heterocycles. The van der Waals surface area contributed by atoms with E-state index in [2.05, 4.69) is 26.1 Å². The fourth-order valence-electron chi connectivity index (χ4n) is 5.12. The van der Waals surface area contributed by atoms with Crippen molar-refractivity contribution in [1.82, 2.24) is 26.3 Å². The molecule has 4 atom stereocenters. The molecule has 18 heteroatoms. The van der Waals surface area contributed by atoms with Gasteiger partial charge < -0.3 is 30.7 Å². The molecule has 0 aliphatic carbocycles. The van der Waals surface area contributed by atoms with Gasteiger partial charge in [0.2, 0.25) is 11.8 Å². The minimum atomic E-state index is -5.02. The predicted octanol–water partition coefficient (Wildman–Crippen LogP) is -2.80. The van der Waals surface area contributed by atoms with Crippen LogP contribution in [0.2, 0.25) is 0 Å². The molecule has 2 unspecified atom stereocenters. The smallest absolute Gasteiger partial charge is 0.747 e. The summed E-state index contributed by atoms with van der Waals surface area (Å²) < 4.78 is 33.0. The Morgan fingerprint density at radius 3 is 2.07 bits per heavy atom. The van der Waals surface area contributed by atoms with Crippen LogP contribution in [-0.4, -0.2) is 95.1 Å². The van der Waals surface area contributed by atoms with Gasteiger partial charge in [0.15, 0.2) is 0 Å². The molecule has 0 saturated carbocycles. The van der Waals surface area contributed by atoms with Crippen LogP contribution in [0.25, 0.3) is 0 Å². The second-order valence-electron chi connectivity index (χ2n) is 10.9. The van der Waals surface area contributed by atoms with Gasteiger partial charge >= 0.3 is 41.6 Å². The van der Waals surface area contributed by atoms with Crippen molar-refractivity contribution in [1.29, 1.82) is 0 Å². The molecule has 4 N–H and O–H groups in total. The summed E-state index contributed by atoms with van der Waals surface area (Å²) in [4.78, 5) is 75.5. The van der Waals surface area contributed by atoms with Crippen molar-refractivity contribution < 1.29 is 76.1 Å². The van der Waals surface area contributed by atoms with Crippen molar-refractivity contribution in [3.8, 4) is 0 Å². The number of urea groups is 1. The molecule has 15 nitrogen and oxygen atoms in total. The number of hydrogen-bond donors (Lipinski definition) is 4. The summed E-state index contributed by atoms with van der Waals surface area (Å²) in [6.07, 6.45) is 6.40. The Labute approximate surface area is 283 Å². The molecule has 0 aromatic carbocycles. The summed E-state index contributed by atoms with van der Waals surface area (Å²) in [5, 5.41) is 9.99. The maximum absolute atomic E-state index is 12.1. The molecule has 3 aliphatic rings. The summed E-state index contributed by atoms with van der Waals surface area (Å²) in [6.45, 7) is 0.990. The first kappa shape index (κ1) is 38.3. The Hall–Kier alpha value is -1.92. The van der Waals surface area contributed by atoms with Gasteiger partial charge in [-0.1, -0.05) is 19.3 Å². The van der Waals surface area contributed by atoms with E-state index in [0.29, 0.717) is 56.9 Å². The van der Waals surface area contributed by atoms with Crippen LogP contribution in [0.4, 0.5) is 4.79 Å². The summed E-state index contributed by atoms with van der Waals surface area (Å²) in [5.74, 6) is -2.45. The molecule has 0 radical (unpaired) electrons. The van der Waals surface area contributed by atoms with Crippen LogP contribution in [0.3, 0.4) is 0 Å². The summed E-state index contributed by atoms with van der Waals surface area (Å²) in [7, 11) is -5.02. The second kappa shape index (κ2) is 18.9. The Kier molecular flexibility index (Phi) is 16.4. The molecule has 3 aliphatic heterocycles. The number of hydrogen-bond acceptors (Lipinski definition) is 11. The summed E-state index contributed by atoms with van der Waals surface area (Å²) in [6, 6.07) is 0.319. The third kappa shape index (κ3) is 12.5. The molecule has 3 rings (SSSR count). The molecule has 3 saturated heterocycles. The van der Waals surface area contributed by atoms with Gasteiger partial charge in [0, 0.05) is 43.4 Å². The van der Waals surface area contributed by atoms with Crippen molar-refractivity contribution in [3.63, 3.8) is 0 Å². The Balaban J connectivity index is 0.00000675. The Morgan fingerprint density at radius 2 is 1.48 bits per heavy atom. The number of carbonyl (C=O) groups excluding carboxylic acids is 6. The van der Waals surface area contributed by atoms with Crippen LogP contribution in [0.1, 0.15) is 83.5 Å². The minimum Gasteiger partial charge on any atom is -0.747 e. The fraction of sp³-hybridized carbons (Fsp3) is 0.769. The first-order valence-electron chi connectivity index (χ1n) is 14.7. The zero-order chi connectivity index (χ0) is 31.4. The van der Waals surface area contributed by atoms with Gasteiger partial charge in [-0.25, -0.2) is 18.0 Å². The second-order valence-corrected chi connectivity index (χ2v) is 13.7. The third-order valence-electron chi connectivity index (χ3n) is 7.47. The van der Waals surface area contributed by atoms with Crippen molar-refractivity contribution >= 4 is 57.5 Å². The van der Waals surface area contributed by atoms with E-state index in [1.807, 2.05) is 11.8 Å². The predicted molar refractivity (Wildman–Crippen MR) is 153 cm³/mol. The first-order chi connectivity index (χ1) is 20.5. The van der Waals surface area contributed by atoms with Crippen LogP contribution in [0.5, 0.6) is 0 Å². The molecule has 3 fully saturated rings. The minimum absolute atomic E-state index is 0. The van der Waals surface area contributed by atoms with Gasteiger partial charge in [-0.3, -0.25) is 19.2 Å². The van der Waals surface area contributed by atoms with Gasteiger partial charge in [0.25, 0.3) is 11.8 Å². The zero-order valence-electron chi connectivity index (χ0n) is 25.0. The number of imide groups is 1. The van der Waals surface area contributed by atoms with E-state index in [4.69, 9.17) is 0 Å². The van der Waals surface area contributed by atoms with Crippen LogP contribution in [0.15, 0.2) is 0 Å². The van der Waals surface area contributed by atoms with Crippen LogP contribution in [-0.2, 0) is 38.9 Å². The van der Waals surface area contributed by atoms with Gasteiger partial charge in [-0.2, -0.15) is 11.8 Å². The maximum Gasteiger partial charge on any atom is 1.00 e. The number of hydroxylamine groups is 2. The number of amides is 6. The Morgan fingerprint density at radius 1 is 0.886 bits per heavy atom. The van der Waals surface area contributed by atoms with Gasteiger partial charge in [0.05, 0.1) is 18.5 Å². The SMILES string of the molecule is O=C(CCCCCNC(=O)CCCCC1SC[C@@H]2NC(=O)N[C@H]12)NCCCCCC(=O)ON1C(=O)CC(S(=O)(=O)[O-])C1=O.[Na+]. The number of thioether (sulfide) groups is 1. The maximum atomic E-state index is 12.1. The number of carbonyl (C=O) groups is 6. The topological polar surface area (TPSA) is 220 Å². The van der Waals surface area contributed by atoms with Gasteiger partial charge in [-0.05, 0) is 38.5 Å². The quantitative estimate of drug-likeness (QED) is 0.0362. The molecular formula is C26H40N5NaO10S2. The van der Waals surface area contributed by atoms with E-state index in [-0.39, 0.29) is 71.0 Å².